The van der Waals surface area contributed by atoms with Crippen LogP contribution in [0.4, 0.5) is 0 Å². The Balaban J connectivity index is 0.000000206. The van der Waals surface area contributed by atoms with Gasteiger partial charge < -0.3 is 10.1 Å². The maximum atomic E-state index is 10.4. The summed E-state index contributed by atoms with van der Waals surface area (Å²) >= 11 is 5.88. The number of nitrogens with one attached hydrogen (secondary N) is 1. The van der Waals surface area contributed by atoms with Gasteiger partial charge in [0, 0.05) is 30.7 Å². The van der Waals surface area contributed by atoms with Crippen molar-refractivity contribution in [3.05, 3.63) is 100 Å². The molecule has 0 aliphatic carbocycles. The number of amides is 1. The molecule has 3 aromatic carbocycles. The molecule has 1 N–H and O–H groups in total. The van der Waals surface area contributed by atoms with E-state index in [1.807, 2.05) is 48.5 Å². The smallest absolute Gasteiger partial charge is 0.207 e. The zero-order valence-corrected chi connectivity index (χ0v) is 22.7. The summed E-state index contributed by atoms with van der Waals surface area (Å²) in [6, 6.07) is 26.4. The van der Waals surface area contributed by atoms with Crippen LogP contribution < -0.4 is 10.1 Å². The normalized spacial score (nSPS) is 14.1. The summed E-state index contributed by atoms with van der Waals surface area (Å²) < 4.78 is 5.81. The molecule has 1 fully saturated rings. The van der Waals surface area contributed by atoms with Gasteiger partial charge in [-0.05, 0) is 93.1 Å². The second-order valence-corrected chi connectivity index (χ2v) is 10.7. The van der Waals surface area contributed by atoms with Crippen LogP contribution in [0, 0.1) is 11.3 Å². The molecule has 37 heavy (non-hydrogen) atoms. The van der Waals surface area contributed by atoms with Gasteiger partial charge in [0.2, 0.25) is 6.41 Å². The molecule has 6 heteroatoms. The molecule has 4 rings (SSSR count). The minimum Gasteiger partial charge on any atom is -0.488 e. The highest BCUT2D eigenvalue weighted by Gasteiger charge is 2.18. The Bertz CT molecular complexity index is 1140. The zero-order valence-electron chi connectivity index (χ0n) is 21.9. The van der Waals surface area contributed by atoms with Crippen LogP contribution >= 0.6 is 11.6 Å². The molecule has 3 aromatic rings. The van der Waals surface area contributed by atoms with E-state index in [-0.39, 0.29) is 5.60 Å². The van der Waals surface area contributed by atoms with E-state index in [9.17, 15) is 4.79 Å². The summed E-state index contributed by atoms with van der Waals surface area (Å²) in [5.74, 6) is 0.910. The molecule has 1 amide bonds. The van der Waals surface area contributed by atoms with Crippen molar-refractivity contribution in [1.82, 2.24) is 10.2 Å². The van der Waals surface area contributed by atoms with Crippen molar-refractivity contribution in [2.75, 3.05) is 13.1 Å². The quantitative estimate of drug-likeness (QED) is 0.369. The zero-order chi connectivity index (χ0) is 26.7. The number of halogens is 1. The van der Waals surface area contributed by atoms with Crippen molar-refractivity contribution in [1.29, 1.82) is 5.26 Å². The second-order valence-electron chi connectivity index (χ2n) is 10.3. The van der Waals surface area contributed by atoms with E-state index in [1.54, 1.807) is 0 Å². The molecule has 1 saturated heterocycles. The Morgan fingerprint density at radius 3 is 2.00 bits per heavy atom. The van der Waals surface area contributed by atoms with Gasteiger partial charge in [-0.15, -0.1) is 0 Å². The summed E-state index contributed by atoms with van der Waals surface area (Å²) in [6.45, 7) is 9.08. The number of hydrogen-bond acceptors (Lipinski definition) is 4. The van der Waals surface area contributed by atoms with Crippen LogP contribution in [0.25, 0.3) is 0 Å². The number of carbonyl (C=O) groups excluding carboxylic acids is 1. The van der Waals surface area contributed by atoms with Gasteiger partial charge in [0.05, 0.1) is 11.6 Å². The van der Waals surface area contributed by atoms with E-state index in [0.717, 1.165) is 56.1 Å². The van der Waals surface area contributed by atoms with Crippen LogP contribution in [0.5, 0.6) is 5.75 Å². The van der Waals surface area contributed by atoms with E-state index in [1.165, 1.54) is 16.7 Å². The van der Waals surface area contributed by atoms with Crippen LogP contribution in [0.15, 0.2) is 72.8 Å². The van der Waals surface area contributed by atoms with Gasteiger partial charge in [-0.3, -0.25) is 9.69 Å². The lowest BCUT2D eigenvalue weighted by molar-refractivity contribution is -0.110. The minimum atomic E-state index is -0.155. The predicted octanol–water partition coefficient (Wildman–Crippen LogP) is 6.38. The lowest BCUT2D eigenvalue weighted by Gasteiger charge is -2.31. The number of likely N-dealkylation sites (tertiary alicyclic amines) is 1. The van der Waals surface area contributed by atoms with E-state index in [2.05, 4.69) is 61.3 Å². The number of carbonyl (C=O) groups is 1. The summed E-state index contributed by atoms with van der Waals surface area (Å²) in [4.78, 5) is 12.7. The van der Waals surface area contributed by atoms with Gasteiger partial charge in [0.25, 0.3) is 0 Å². The molecule has 5 nitrogen and oxygen atoms in total. The number of rotatable bonds is 7. The lowest BCUT2D eigenvalue weighted by Crippen LogP contribution is -2.41. The number of nitrogens with zero attached hydrogens (tertiary/aromatic N) is 2. The highest BCUT2D eigenvalue weighted by molar-refractivity contribution is 6.30. The molecule has 0 bridgehead atoms. The first kappa shape index (κ1) is 28.2. The van der Waals surface area contributed by atoms with Crippen molar-refractivity contribution in [3.63, 3.8) is 0 Å². The molecule has 1 aliphatic rings. The number of nitriles is 1. The second kappa shape index (κ2) is 13.8. The standard InChI is InChI=1S/C17H19ClO.C14H17N3O/c1-17(2,3)19-16-10-6-14(7-11-16)12-13-4-8-15(18)9-5-13;15-9-12-1-3-13(4-2-12)10-17-7-5-14(6-8-17)16-11-18/h4-11H,12H2,1-3H3;1-4,11,14H,5-8,10H2,(H,16,18). The van der Waals surface area contributed by atoms with E-state index in [0.29, 0.717) is 11.6 Å². The van der Waals surface area contributed by atoms with E-state index < -0.39 is 0 Å². The Morgan fingerprint density at radius 2 is 1.49 bits per heavy atom. The summed E-state index contributed by atoms with van der Waals surface area (Å²) in [6.07, 6.45) is 3.72. The van der Waals surface area contributed by atoms with Crippen molar-refractivity contribution in [2.24, 2.45) is 0 Å². The van der Waals surface area contributed by atoms with Crippen molar-refractivity contribution < 1.29 is 9.53 Å². The van der Waals surface area contributed by atoms with Crippen LogP contribution in [0.3, 0.4) is 0 Å². The number of benzene rings is 3. The third kappa shape index (κ3) is 10.3. The molecule has 0 unspecified atom stereocenters. The average Bonchev–Trinajstić information content (AvgIpc) is 2.88. The van der Waals surface area contributed by atoms with Crippen molar-refractivity contribution in [3.8, 4) is 11.8 Å². The van der Waals surface area contributed by atoms with Gasteiger partial charge in [0.1, 0.15) is 11.4 Å². The molecule has 0 saturated carbocycles. The Morgan fingerprint density at radius 1 is 0.946 bits per heavy atom. The molecule has 1 heterocycles. The first-order valence-corrected chi connectivity index (χ1v) is 13.1. The third-order valence-corrected chi connectivity index (χ3v) is 6.30. The monoisotopic (exact) mass is 517 g/mol. The molecule has 0 aromatic heterocycles. The average molecular weight is 518 g/mol. The van der Waals surface area contributed by atoms with Gasteiger partial charge in [-0.25, -0.2) is 0 Å². The molecule has 0 radical (unpaired) electrons. The highest BCUT2D eigenvalue weighted by Crippen LogP contribution is 2.20. The SMILES string of the molecule is CC(C)(C)Oc1ccc(Cc2ccc(Cl)cc2)cc1.N#Cc1ccc(CN2CCC(NC=O)CC2)cc1. The van der Waals surface area contributed by atoms with Crippen molar-refractivity contribution in [2.45, 2.75) is 58.2 Å². The highest BCUT2D eigenvalue weighted by atomic mass is 35.5. The van der Waals surface area contributed by atoms with Crippen LogP contribution in [-0.2, 0) is 17.8 Å². The first-order chi connectivity index (χ1) is 17.7. The Hall–Kier alpha value is -3.33. The van der Waals surface area contributed by atoms with Crippen LogP contribution in [0.2, 0.25) is 5.02 Å². The molecular formula is C31H36ClN3O2. The number of piperidine rings is 1. The van der Waals surface area contributed by atoms with Gasteiger partial charge in [-0.2, -0.15) is 5.26 Å². The van der Waals surface area contributed by atoms with Gasteiger partial charge >= 0.3 is 0 Å². The van der Waals surface area contributed by atoms with E-state index >= 15 is 0 Å². The Labute approximate surface area is 226 Å². The maximum Gasteiger partial charge on any atom is 0.207 e. The van der Waals surface area contributed by atoms with E-state index in [4.69, 9.17) is 21.6 Å². The fourth-order valence-corrected chi connectivity index (χ4v) is 4.29. The number of hydrogen-bond donors (Lipinski definition) is 1. The Kier molecular flexibility index (Phi) is 10.6. The summed E-state index contributed by atoms with van der Waals surface area (Å²) in [5.41, 5.74) is 4.30. The molecule has 1 aliphatic heterocycles. The molecule has 194 valence electrons. The summed E-state index contributed by atoms with van der Waals surface area (Å²) in [5, 5.41) is 12.4. The molecule has 0 atom stereocenters. The maximum absolute atomic E-state index is 10.4. The topological polar surface area (TPSA) is 65.4 Å². The fraction of sp³-hybridized carbons (Fsp3) is 0.355. The van der Waals surface area contributed by atoms with Crippen molar-refractivity contribution >= 4 is 18.0 Å². The fourth-order valence-electron chi connectivity index (χ4n) is 4.16. The molecular weight excluding hydrogens is 482 g/mol. The lowest BCUT2D eigenvalue weighted by atomic mass is 10.0. The molecule has 0 spiro atoms. The third-order valence-electron chi connectivity index (χ3n) is 6.05. The van der Waals surface area contributed by atoms with Crippen LogP contribution in [0.1, 0.15) is 55.9 Å². The van der Waals surface area contributed by atoms with Gasteiger partial charge in [-0.1, -0.05) is 48.0 Å². The largest absolute Gasteiger partial charge is 0.488 e. The summed E-state index contributed by atoms with van der Waals surface area (Å²) in [7, 11) is 0. The predicted molar refractivity (Wildman–Crippen MR) is 150 cm³/mol. The number of ether oxygens (including phenoxy) is 1. The minimum absolute atomic E-state index is 0.155. The first-order valence-electron chi connectivity index (χ1n) is 12.7. The van der Waals surface area contributed by atoms with Crippen LogP contribution in [-0.4, -0.2) is 36.0 Å². The van der Waals surface area contributed by atoms with Gasteiger partial charge in [0.15, 0.2) is 0 Å².